The van der Waals surface area contributed by atoms with Crippen LogP contribution in [-0.2, 0) is 14.8 Å². The highest BCUT2D eigenvalue weighted by Crippen LogP contribution is 2.38. The SMILES string of the molecule is COc1cc(/C=C/C(=O)Nc2ccc(S(=O)(=O)N3CCCCC3)cc2)cc(OC)c1OC. The van der Waals surface area contributed by atoms with Crippen molar-refractivity contribution in [2.75, 3.05) is 39.7 Å². The lowest BCUT2D eigenvalue weighted by molar-refractivity contribution is -0.111. The van der Waals surface area contributed by atoms with Crippen LogP contribution in [0, 0.1) is 0 Å². The Balaban J connectivity index is 1.68. The van der Waals surface area contributed by atoms with E-state index in [1.54, 1.807) is 30.3 Å². The molecule has 1 N–H and O–H groups in total. The number of carbonyl (C=O) groups is 1. The van der Waals surface area contributed by atoms with Crippen molar-refractivity contribution < 1.29 is 27.4 Å². The van der Waals surface area contributed by atoms with Crippen LogP contribution in [0.25, 0.3) is 6.08 Å². The maximum absolute atomic E-state index is 12.7. The number of hydrogen-bond acceptors (Lipinski definition) is 6. The Morgan fingerprint density at radius 3 is 2.06 bits per heavy atom. The average molecular weight is 461 g/mol. The third-order valence-electron chi connectivity index (χ3n) is 5.19. The third-order valence-corrected chi connectivity index (χ3v) is 7.10. The standard InChI is InChI=1S/C23H28N2O6S/c1-29-20-15-17(16-21(30-2)23(20)31-3)7-12-22(26)24-18-8-10-19(11-9-18)32(27,28)25-13-5-4-6-14-25/h7-12,15-16H,4-6,13-14H2,1-3H3,(H,24,26)/b12-7+. The largest absolute Gasteiger partial charge is 0.493 e. The van der Waals surface area contributed by atoms with E-state index in [1.165, 1.54) is 43.8 Å². The molecular weight excluding hydrogens is 432 g/mol. The van der Waals surface area contributed by atoms with Gasteiger partial charge >= 0.3 is 0 Å². The van der Waals surface area contributed by atoms with Gasteiger partial charge in [0.15, 0.2) is 11.5 Å². The first-order chi connectivity index (χ1) is 15.4. The van der Waals surface area contributed by atoms with Gasteiger partial charge in [-0.25, -0.2) is 8.42 Å². The van der Waals surface area contributed by atoms with Crippen molar-refractivity contribution in [3.8, 4) is 17.2 Å². The molecule has 32 heavy (non-hydrogen) atoms. The summed E-state index contributed by atoms with van der Waals surface area (Å²) in [6, 6.07) is 9.66. The fourth-order valence-electron chi connectivity index (χ4n) is 3.52. The zero-order valence-corrected chi connectivity index (χ0v) is 19.3. The summed E-state index contributed by atoms with van der Waals surface area (Å²) in [6.07, 6.45) is 5.81. The number of piperidine rings is 1. The molecule has 1 fully saturated rings. The van der Waals surface area contributed by atoms with E-state index in [-0.39, 0.29) is 10.8 Å². The molecule has 0 atom stereocenters. The molecule has 0 saturated carbocycles. The molecule has 3 rings (SSSR count). The van der Waals surface area contributed by atoms with Crippen LogP contribution in [0.2, 0.25) is 0 Å². The van der Waals surface area contributed by atoms with E-state index in [0.717, 1.165) is 19.3 Å². The number of hydrogen-bond donors (Lipinski definition) is 1. The van der Waals surface area contributed by atoms with Gasteiger partial charge in [-0.15, -0.1) is 0 Å². The Morgan fingerprint density at radius 2 is 1.53 bits per heavy atom. The molecule has 9 heteroatoms. The summed E-state index contributed by atoms with van der Waals surface area (Å²) < 4.78 is 42.9. The van der Waals surface area contributed by atoms with Crippen LogP contribution in [0.3, 0.4) is 0 Å². The molecule has 1 aliphatic rings. The molecule has 2 aromatic carbocycles. The Hall–Kier alpha value is -3.04. The number of methoxy groups -OCH3 is 3. The zero-order valence-electron chi connectivity index (χ0n) is 18.5. The van der Waals surface area contributed by atoms with Crippen molar-refractivity contribution in [3.05, 3.63) is 48.0 Å². The molecule has 2 aromatic rings. The van der Waals surface area contributed by atoms with Gasteiger partial charge in [-0.05, 0) is 60.9 Å². The van der Waals surface area contributed by atoms with E-state index < -0.39 is 10.0 Å². The van der Waals surface area contributed by atoms with Crippen molar-refractivity contribution in [2.24, 2.45) is 0 Å². The van der Waals surface area contributed by atoms with Crippen molar-refractivity contribution >= 4 is 27.7 Å². The van der Waals surface area contributed by atoms with Crippen molar-refractivity contribution in [3.63, 3.8) is 0 Å². The quantitative estimate of drug-likeness (QED) is 0.606. The van der Waals surface area contributed by atoms with E-state index in [2.05, 4.69) is 5.32 Å². The predicted molar refractivity (Wildman–Crippen MR) is 123 cm³/mol. The topological polar surface area (TPSA) is 94.2 Å². The molecule has 0 bridgehead atoms. The molecular formula is C23H28N2O6S. The summed E-state index contributed by atoms with van der Waals surface area (Å²) in [4.78, 5) is 12.6. The molecule has 0 radical (unpaired) electrons. The average Bonchev–Trinajstić information content (AvgIpc) is 2.82. The van der Waals surface area contributed by atoms with Crippen molar-refractivity contribution in [1.82, 2.24) is 4.31 Å². The summed E-state index contributed by atoms with van der Waals surface area (Å²) in [6.45, 7) is 1.10. The van der Waals surface area contributed by atoms with Gasteiger partial charge in [0.1, 0.15) is 0 Å². The van der Waals surface area contributed by atoms with Crippen LogP contribution in [0.15, 0.2) is 47.4 Å². The molecule has 0 unspecified atom stereocenters. The number of amides is 1. The fraction of sp³-hybridized carbons (Fsp3) is 0.348. The second kappa shape index (κ2) is 10.5. The molecule has 8 nitrogen and oxygen atoms in total. The number of ether oxygens (including phenoxy) is 3. The van der Waals surface area contributed by atoms with Crippen LogP contribution in [0.5, 0.6) is 17.2 Å². The van der Waals surface area contributed by atoms with Gasteiger partial charge in [-0.1, -0.05) is 6.42 Å². The van der Waals surface area contributed by atoms with E-state index in [4.69, 9.17) is 14.2 Å². The van der Waals surface area contributed by atoms with Crippen LogP contribution in [-0.4, -0.2) is 53.0 Å². The third kappa shape index (κ3) is 5.41. The van der Waals surface area contributed by atoms with Gasteiger partial charge in [0.05, 0.1) is 26.2 Å². The fourth-order valence-corrected chi connectivity index (χ4v) is 5.04. The highest BCUT2D eigenvalue weighted by atomic mass is 32.2. The predicted octanol–water partition coefficient (Wildman–Crippen LogP) is 3.54. The zero-order chi connectivity index (χ0) is 23.1. The molecule has 1 heterocycles. The molecule has 172 valence electrons. The lowest BCUT2D eigenvalue weighted by Gasteiger charge is -2.25. The van der Waals surface area contributed by atoms with E-state index >= 15 is 0 Å². The molecule has 0 aromatic heterocycles. The Kier molecular flexibility index (Phi) is 7.76. The Bertz CT molecular complexity index is 1050. The van der Waals surface area contributed by atoms with Crippen LogP contribution >= 0.6 is 0 Å². The van der Waals surface area contributed by atoms with Gasteiger partial charge < -0.3 is 19.5 Å². The Labute approximate surface area is 188 Å². The van der Waals surface area contributed by atoms with Crippen LogP contribution in [0.4, 0.5) is 5.69 Å². The monoisotopic (exact) mass is 460 g/mol. The Morgan fingerprint density at radius 1 is 0.938 bits per heavy atom. The number of anilines is 1. The minimum Gasteiger partial charge on any atom is -0.493 e. The maximum atomic E-state index is 12.7. The smallest absolute Gasteiger partial charge is 0.248 e. The molecule has 0 spiro atoms. The molecule has 1 aliphatic heterocycles. The first-order valence-electron chi connectivity index (χ1n) is 10.3. The van der Waals surface area contributed by atoms with Gasteiger partial charge in [0, 0.05) is 24.9 Å². The van der Waals surface area contributed by atoms with E-state index in [1.807, 2.05) is 0 Å². The second-order valence-electron chi connectivity index (χ2n) is 7.27. The number of sulfonamides is 1. The summed E-state index contributed by atoms with van der Waals surface area (Å²) >= 11 is 0. The summed E-state index contributed by atoms with van der Waals surface area (Å²) in [5, 5.41) is 2.73. The number of rotatable bonds is 8. The van der Waals surface area contributed by atoms with Crippen LogP contribution in [0.1, 0.15) is 24.8 Å². The second-order valence-corrected chi connectivity index (χ2v) is 9.21. The van der Waals surface area contributed by atoms with E-state index in [9.17, 15) is 13.2 Å². The number of nitrogens with one attached hydrogen (secondary N) is 1. The maximum Gasteiger partial charge on any atom is 0.248 e. The highest BCUT2D eigenvalue weighted by Gasteiger charge is 2.25. The summed E-state index contributed by atoms with van der Waals surface area (Å²) in [5.41, 5.74) is 1.19. The minimum atomic E-state index is -3.50. The van der Waals surface area contributed by atoms with Crippen LogP contribution < -0.4 is 19.5 Å². The number of nitrogens with zero attached hydrogens (tertiary/aromatic N) is 1. The normalized spacial score (nSPS) is 14.8. The van der Waals surface area contributed by atoms with Crippen molar-refractivity contribution in [1.29, 1.82) is 0 Å². The summed E-state index contributed by atoms with van der Waals surface area (Å²) in [5.74, 6) is 1.08. The first-order valence-corrected chi connectivity index (χ1v) is 11.7. The highest BCUT2D eigenvalue weighted by molar-refractivity contribution is 7.89. The van der Waals surface area contributed by atoms with Gasteiger partial charge in [0.2, 0.25) is 21.7 Å². The number of benzene rings is 2. The molecule has 1 amide bonds. The summed E-state index contributed by atoms with van der Waals surface area (Å²) in [7, 11) is 1.06. The van der Waals surface area contributed by atoms with E-state index in [0.29, 0.717) is 41.6 Å². The van der Waals surface area contributed by atoms with Crippen molar-refractivity contribution in [2.45, 2.75) is 24.2 Å². The van der Waals surface area contributed by atoms with Gasteiger partial charge in [-0.2, -0.15) is 4.31 Å². The van der Waals surface area contributed by atoms with Gasteiger partial charge in [0.25, 0.3) is 0 Å². The molecule has 0 aliphatic carbocycles. The van der Waals surface area contributed by atoms with Gasteiger partial charge in [-0.3, -0.25) is 4.79 Å². The lowest BCUT2D eigenvalue weighted by Crippen LogP contribution is -2.35. The lowest BCUT2D eigenvalue weighted by atomic mass is 10.1. The minimum absolute atomic E-state index is 0.227. The number of carbonyl (C=O) groups excluding carboxylic acids is 1. The molecule has 1 saturated heterocycles. The first kappa shape index (κ1) is 23.6.